The Balaban J connectivity index is 2.11. The van der Waals surface area contributed by atoms with Gasteiger partial charge >= 0.3 is 0 Å². The molecule has 3 nitrogen and oxygen atoms in total. The maximum Gasteiger partial charge on any atom is 0.0596 e. The Labute approximate surface area is 117 Å². The van der Waals surface area contributed by atoms with Crippen molar-refractivity contribution < 1.29 is 5.11 Å². The summed E-state index contributed by atoms with van der Waals surface area (Å²) in [7, 11) is 2.01. The fourth-order valence-electron chi connectivity index (χ4n) is 3.69. The zero-order valence-corrected chi connectivity index (χ0v) is 13.0. The van der Waals surface area contributed by atoms with E-state index in [1.165, 1.54) is 12.1 Å². The fourth-order valence-corrected chi connectivity index (χ4v) is 3.69. The van der Waals surface area contributed by atoms with Gasteiger partial charge in [0.05, 0.1) is 11.8 Å². The molecule has 2 rings (SSSR count). The fraction of sp³-hybridized carbons (Fsp3) is 0.812. The van der Waals surface area contributed by atoms with Crippen LogP contribution in [0.15, 0.2) is 6.07 Å². The Morgan fingerprint density at radius 1 is 1.42 bits per heavy atom. The van der Waals surface area contributed by atoms with Gasteiger partial charge in [-0.1, -0.05) is 27.2 Å². The molecule has 0 aromatic carbocycles. The minimum atomic E-state index is -0.145. The van der Waals surface area contributed by atoms with Gasteiger partial charge in [-0.05, 0) is 49.5 Å². The molecule has 1 N–H and O–H groups in total. The van der Waals surface area contributed by atoms with Gasteiger partial charge in [-0.3, -0.25) is 4.68 Å². The molecule has 0 amide bonds. The molecule has 0 aliphatic heterocycles. The van der Waals surface area contributed by atoms with Crippen molar-refractivity contribution in [2.45, 2.75) is 59.5 Å². The summed E-state index contributed by atoms with van der Waals surface area (Å²) >= 11 is 0. The van der Waals surface area contributed by atoms with Gasteiger partial charge in [0, 0.05) is 12.7 Å². The first-order valence-corrected chi connectivity index (χ1v) is 7.47. The Kier molecular flexibility index (Phi) is 4.05. The molecule has 1 saturated carbocycles. The van der Waals surface area contributed by atoms with E-state index >= 15 is 0 Å². The summed E-state index contributed by atoms with van der Waals surface area (Å²) in [6.07, 6.45) is 4.19. The van der Waals surface area contributed by atoms with Gasteiger partial charge in [0.2, 0.25) is 0 Å². The maximum absolute atomic E-state index is 10.4. The molecule has 0 saturated heterocycles. The second kappa shape index (κ2) is 5.28. The first-order valence-electron chi connectivity index (χ1n) is 7.47. The molecule has 1 aromatic heterocycles. The van der Waals surface area contributed by atoms with E-state index in [4.69, 9.17) is 0 Å². The summed E-state index contributed by atoms with van der Waals surface area (Å²) in [6, 6.07) is 2.17. The molecule has 3 unspecified atom stereocenters. The highest BCUT2D eigenvalue weighted by molar-refractivity contribution is 5.11. The molecular weight excluding hydrogens is 236 g/mol. The van der Waals surface area contributed by atoms with E-state index in [1.807, 2.05) is 18.7 Å². The van der Waals surface area contributed by atoms with Crippen molar-refractivity contribution in [3.05, 3.63) is 17.5 Å². The number of hydrogen-bond acceptors (Lipinski definition) is 2. The lowest BCUT2D eigenvalue weighted by molar-refractivity contribution is -0.0131. The number of aromatic nitrogens is 2. The third-order valence-corrected chi connectivity index (χ3v) is 4.82. The summed E-state index contributed by atoms with van der Waals surface area (Å²) in [6.45, 7) is 8.86. The minimum absolute atomic E-state index is 0.125. The number of aliphatic hydroxyl groups is 1. The van der Waals surface area contributed by atoms with E-state index in [1.54, 1.807) is 0 Å². The van der Waals surface area contributed by atoms with E-state index in [-0.39, 0.29) is 11.5 Å². The van der Waals surface area contributed by atoms with Crippen LogP contribution in [0.5, 0.6) is 0 Å². The summed E-state index contributed by atoms with van der Waals surface area (Å²) < 4.78 is 1.98. The first kappa shape index (κ1) is 14.6. The van der Waals surface area contributed by atoms with E-state index in [9.17, 15) is 5.11 Å². The minimum Gasteiger partial charge on any atom is -0.393 e. The molecule has 3 heteroatoms. The Morgan fingerprint density at radius 2 is 2.11 bits per heavy atom. The lowest BCUT2D eigenvalue weighted by atomic mass is 9.65. The molecular formula is C16H28N2O. The second-order valence-corrected chi connectivity index (χ2v) is 7.16. The highest BCUT2D eigenvalue weighted by Gasteiger charge is 2.38. The predicted molar refractivity (Wildman–Crippen MR) is 77.9 cm³/mol. The van der Waals surface area contributed by atoms with Crippen LogP contribution in [0.4, 0.5) is 0 Å². The average molecular weight is 264 g/mol. The van der Waals surface area contributed by atoms with Crippen LogP contribution in [0, 0.1) is 24.2 Å². The van der Waals surface area contributed by atoms with Crippen molar-refractivity contribution in [2.75, 3.05) is 0 Å². The van der Waals surface area contributed by atoms with Gasteiger partial charge < -0.3 is 5.11 Å². The highest BCUT2D eigenvalue weighted by Crippen LogP contribution is 2.42. The standard InChI is InChI=1S/C16H28N2O/c1-11-6-7-14(15(19)8-11)16(3,4)10-13-9-12(2)17-18(13)5/h9,11,14-15,19H,6-8,10H2,1-5H3. The van der Waals surface area contributed by atoms with Gasteiger partial charge in [-0.2, -0.15) is 5.10 Å². The Morgan fingerprint density at radius 3 is 2.63 bits per heavy atom. The zero-order valence-electron chi connectivity index (χ0n) is 13.0. The van der Waals surface area contributed by atoms with E-state index in [2.05, 4.69) is 31.9 Å². The molecule has 19 heavy (non-hydrogen) atoms. The van der Waals surface area contributed by atoms with Crippen LogP contribution in [-0.2, 0) is 13.5 Å². The zero-order chi connectivity index (χ0) is 14.2. The Bertz CT molecular complexity index is 436. The van der Waals surface area contributed by atoms with Crippen LogP contribution in [0.25, 0.3) is 0 Å². The largest absolute Gasteiger partial charge is 0.393 e. The van der Waals surface area contributed by atoms with Gasteiger partial charge in [0.15, 0.2) is 0 Å². The smallest absolute Gasteiger partial charge is 0.0596 e. The van der Waals surface area contributed by atoms with Gasteiger partial charge in [0.25, 0.3) is 0 Å². The summed E-state index contributed by atoms with van der Waals surface area (Å²) in [5, 5.41) is 14.8. The summed E-state index contributed by atoms with van der Waals surface area (Å²) in [5.41, 5.74) is 2.47. The van der Waals surface area contributed by atoms with Crippen molar-refractivity contribution in [3.8, 4) is 0 Å². The first-order chi connectivity index (χ1) is 8.79. The number of aryl methyl sites for hydroxylation is 2. The van der Waals surface area contributed by atoms with Crippen LogP contribution in [0.3, 0.4) is 0 Å². The van der Waals surface area contributed by atoms with Crippen LogP contribution in [0.2, 0.25) is 0 Å². The van der Waals surface area contributed by atoms with Crippen molar-refractivity contribution in [3.63, 3.8) is 0 Å². The normalized spacial score (nSPS) is 28.6. The average Bonchev–Trinajstić information content (AvgIpc) is 2.55. The van der Waals surface area contributed by atoms with E-state index in [0.717, 1.165) is 25.0 Å². The number of rotatable bonds is 3. The van der Waals surface area contributed by atoms with Crippen LogP contribution in [0.1, 0.15) is 51.4 Å². The van der Waals surface area contributed by atoms with Crippen molar-refractivity contribution in [1.29, 1.82) is 0 Å². The number of nitrogens with zero attached hydrogens (tertiary/aromatic N) is 2. The molecule has 0 spiro atoms. The van der Waals surface area contributed by atoms with Crippen molar-refractivity contribution in [1.82, 2.24) is 9.78 Å². The molecule has 1 heterocycles. The van der Waals surface area contributed by atoms with Gasteiger partial charge in [-0.15, -0.1) is 0 Å². The highest BCUT2D eigenvalue weighted by atomic mass is 16.3. The van der Waals surface area contributed by atoms with Crippen LogP contribution in [-0.4, -0.2) is 21.0 Å². The third kappa shape index (κ3) is 3.19. The van der Waals surface area contributed by atoms with Crippen LogP contribution >= 0.6 is 0 Å². The summed E-state index contributed by atoms with van der Waals surface area (Å²) in [5.74, 6) is 1.07. The topological polar surface area (TPSA) is 38.0 Å². The molecule has 1 aromatic rings. The molecule has 1 fully saturated rings. The molecule has 0 bridgehead atoms. The maximum atomic E-state index is 10.4. The lowest BCUT2D eigenvalue weighted by Gasteiger charge is -2.42. The quantitative estimate of drug-likeness (QED) is 0.911. The third-order valence-electron chi connectivity index (χ3n) is 4.82. The van der Waals surface area contributed by atoms with E-state index < -0.39 is 0 Å². The predicted octanol–water partition coefficient (Wildman–Crippen LogP) is 3.09. The molecule has 0 radical (unpaired) electrons. The number of hydrogen-bond donors (Lipinski definition) is 1. The van der Waals surface area contributed by atoms with Crippen molar-refractivity contribution >= 4 is 0 Å². The molecule has 3 atom stereocenters. The Hall–Kier alpha value is -0.830. The second-order valence-electron chi connectivity index (χ2n) is 7.16. The lowest BCUT2D eigenvalue weighted by Crippen LogP contribution is -2.40. The van der Waals surface area contributed by atoms with Crippen molar-refractivity contribution in [2.24, 2.45) is 24.3 Å². The number of aliphatic hydroxyl groups excluding tert-OH is 1. The molecule has 1 aliphatic rings. The van der Waals surface area contributed by atoms with Gasteiger partial charge in [-0.25, -0.2) is 0 Å². The monoisotopic (exact) mass is 264 g/mol. The summed E-state index contributed by atoms with van der Waals surface area (Å²) in [4.78, 5) is 0. The van der Waals surface area contributed by atoms with Crippen LogP contribution < -0.4 is 0 Å². The van der Waals surface area contributed by atoms with Gasteiger partial charge in [0.1, 0.15) is 0 Å². The molecule has 1 aliphatic carbocycles. The molecule has 108 valence electrons. The SMILES string of the molecule is Cc1cc(CC(C)(C)C2CCC(C)CC2O)n(C)n1. The van der Waals surface area contributed by atoms with E-state index in [0.29, 0.717) is 11.8 Å².